The van der Waals surface area contributed by atoms with E-state index < -0.39 is 11.4 Å². The molecule has 3 heteroatoms. The van der Waals surface area contributed by atoms with E-state index in [0.717, 1.165) is 5.56 Å². The largest absolute Gasteiger partial charge is 0.481 e. The fraction of sp³-hybridized carbons (Fsp3) is 0.562. The van der Waals surface area contributed by atoms with Gasteiger partial charge >= 0.3 is 5.97 Å². The van der Waals surface area contributed by atoms with Gasteiger partial charge in [0.25, 0.3) is 0 Å². The molecule has 1 saturated heterocycles. The third-order valence-electron chi connectivity index (χ3n) is 3.90. The molecule has 0 saturated carbocycles. The summed E-state index contributed by atoms with van der Waals surface area (Å²) in [7, 11) is 0. The maximum atomic E-state index is 11.1. The summed E-state index contributed by atoms with van der Waals surface area (Å²) in [6.45, 7) is 3.56. The number of carbonyl (C=O) groups is 1. The number of carboxylic acids is 1. The molecule has 0 radical (unpaired) electrons. The Bertz CT molecular complexity index is 431. The molecule has 0 amide bonds. The molecule has 0 atom stereocenters. The van der Waals surface area contributed by atoms with Crippen LogP contribution in [-0.4, -0.2) is 22.6 Å². The van der Waals surface area contributed by atoms with Gasteiger partial charge in [0.05, 0.1) is 5.41 Å². The van der Waals surface area contributed by atoms with Gasteiger partial charge in [-0.2, -0.15) is 11.8 Å². The molecule has 0 unspecified atom stereocenters. The third-order valence-corrected chi connectivity index (χ3v) is 4.95. The highest BCUT2D eigenvalue weighted by Gasteiger charge is 2.27. The van der Waals surface area contributed by atoms with Crippen molar-refractivity contribution in [2.45, 2.75) is 39.0 Å². The lowest BCUT2D eigenvalue weighted by molar-refractivity contribution is -0.146. The zero-order valence-electron chi connectivity index (χ0n) is 11.7. The van der Waals surface area contributed by atoms with Crippen molar-refractivity contribution in [3.8, 4) is 0 Å². The molecular formula is C16H22O2S. The van der Waals surface area contributed by atoms with Crippen LogP contribution in [0, 0.1) is 5.41 Å². The summed E-state index contributed by atoms with van der Waals surface area (Å²) in [5.41, 5.74) is 1.83. The summed E-state index contributed by atoms with van der Waals surface area (Å²) in [5, 5.41) is 9.16. The number of rotatable bonds is 4. The lowest BCUT2D eigenvalue weighted by Crippen LogP contribution is -2.26. The minimum atomic E-state index is -0.735. The molecule has 2 rings (SSSR count). The Kier molecular flexibility index (Phi) is 4.56. The second kappa shape index (κ2) is 6.00. The predicted octanol–water partition coefficient (Wildman–Crippen LogP) is 3.95. The maximum absolute atomic E-state index is 11.1. The van der Waals surface area contributed by atoms with Crippen LogP contribution >= 0.6 is 11.8 Å². The molecule has 2 nitrogen and oxygen atoms in total. The van der Waals surface area contributed by atoms with Crippen LogP contribution in [0.2, 0.25) is 0 Å². The molecule has 0 bridgehead atoms. The second-order valence-corrected chi connectivity index (χ2v) is 7.22. The Morgan fingerprint density at radius 2 is 1.84 bits per heavy atom. The van der Waals surface area contributed by atoms with E-state index in [2.05, 4.69) is 24.3 Å². The summed E-state index contributed by atoms with van der Waals surface area (Å²) in [6, 6.07) is 8.57. The van der Waals surface area contributed by atoms with Gasteiger partial charge in [0.2, 0.25) is 0 Å². The van der Waals surface area contributed by atoms with Gasteiger partial charge in [-0.1, -0.05) is 24.3 Å². The molecule has 19 heavy (non-hydrogen) atoms. The van der Waals surface area contributed by atoms with E-state index in [0.29, 0.717) is 12.3 Å². The molecule has 1 aliphatic rings. The molecule has 0 aliphatic carbocycles. The summed E-state index contributed by atoms with van der Waals surface area (Å²) in [5.74, 6) is 2.49. The number of thioether (sulfide) groups is 1. The van der Waals surface area contributed by atoms with Crippen molar-refractivity contribution >= 4 is 17.7 Å². The van der Waals surface area contributed by atoms with Gasteiger partial charge in [0.1, 0.15) is 0 Å². The number of benzene rings is 1. The highest BCUT2D eigenvalue weighted by molar-refractivity contribution is 7.99. The predicted molar refractivity (Wildman–Crippen MR) is 80.9 cm³/mol. The Balaban J connectivity index is 2.04. The van der Waals surface area contributed by atoms with E-state index in [9.17, 15) is 4.79 Å². The van der Waals surface area contributed by atoms with Crippen LogP contribution in [0.1, 0.15) is 43.7 Å². The van der Waals surface area contributed by atoms with Crippen LogP contribution in [0.3, 0.4) is 0 Å². The van der Waals surface area contributed by atoms with Crippen LogP contribution in [-0.2, 0) is 11.2 Å². The molecule has 1 N–H and O–H groups in total. The summed E-state index contributed by atoms with van der Waals surface area (Å²) in [4.78, 5) is 11.1. The van der Waals surface area contributed by atoms with E-state index >= 15 is 0 Å². The molecule has 104 valence electrons. The van der Waals surface area contributed by atoms with Crippen molar-refractivity contribution in [1.82, 2.24) is 0 Å². The van der Waals surface area contributed by atoms with Gasteiger partial charge in [0, 0.05) is 0 Å². The van der Waals surface area contributed by atoms with Gasteiger partial charge in [0.15, 0.2) is 0 Å². The topological polar surface area (TPSA) is 37.3 Å². The SMILES string of the molecule is CC(C)(Cc1ccc(C2CCSCC2)cc1)C(=O)O. The highest BCUT2D eigenvalue weighted by atomic mass is 32.2. The minimum Gasteiger partial charge on any atom is -0.481 e. The minimum absolute atomic E-state index is 0.586. The van der Waals surface area contributed by atoms with Crippen LogP contribution < -0.4 is 0 Å². The van der Waals surface area contributed by atoms with Crippen molar-refractivity contribution in [3.05, 3.63) is 35.4 Å². The summed E-state index contributed by atoms with van der Waals surface area (Å²) >= 11 is 2.04. The van der Waals surface area contributed by atoms with E-state index in [1.807, 2.05) is 11.8 Å². The molecule has 1 heterocycles. The van der Waals surface area contributed by atoms with Crippen molar-refractivity contribution in [1.29, 1.82) is 0 Å². The standard InChI is InChI=1S/C16H22O2S/c1-16(2,15(17)18)11-12-3-5-13(6-4-12)14-7-9-19-10-8-14/h3-6,14H,7-11H2,1-2H3,(H,17,18). The second-order valence-electron chi connectivity index (χ2n) is 5.99. The highest BCUT2D eigenvalue weighted by Crippen LogP contribution is 2.32. The van der Waals surface area contributed by atoms with E-state index in [-0.39, 0.29) is 0 Å². The monoisotopic (exact) mass is 278 g/mol. The van der Waals surface area contributed by atoms with E-state index in [4.69, 9.17) is 5.11 Å². The van der Waals surface area contributed by atoms with Gasteiger partial charge in [-0.25, -0.2) is 0 Å². The number of hydrogen-bond acceptors (Lipinski definition) is 2. The smallest absolute Gasteiger partial charge is 0.309 e. The zero-order chi connectivity index (χ0) is 13.9. The van der Waals surface area contributed by atoms with Gasteiger partial charge in [-0.3, -0.25) is 4.79 Å². The Morgan fingerprint density at radius 3 is 2.37 bits per heavy atom. The van der Waals surface area contributed by atoms with Crippen molar-refractivity contribution in [2.75, 3.05) is 11.5 Å². The van der Waals surface area contributed by atoms with Crippen molar-refractivity contribution in [3.63, 3.8) is 0 Å². The normalized spacial score (nSPS) is 17.4. The molecule has 0 aromatic heterocycles. The molecule has 1 aromatic rings. The first kappa shape index (κ1) is 14.4. The molecule has 1 aliphatic heterocycles. The lowest BCUT2D eigenvalue weighted by Gasteiger charge is -2.23. The summed E-state index contributed by atoms with van der Waals surface area (Å²) < 4.78 is 0. The Labute approximate surface area is 119 Å². The van der Waals surface area contributed by atoms with Crippen molar-refractivity contribution in [2.24, 2.45) is 5.41 Å². The fourth-order valence-electron chi connectivity index (χ4n) is 2.52. The van der Waals surface area contributed by atoms with Crippen molar-refractivity contribution < 1.29 is 9.90 Å². The Hall–Kier alpha value is -0.960. The molecule has 0 spiro atoms. The first-order valence-corrected chi connectivity index (χ1v) is 8.04. The Morgan fingerprint density at radius 1 is 1.26 bits per heavy atom. The van der Waals surface area contributed by atoms with Crippen LogP contribution in [0.25, 0.3) is 0 Å². The van der Waals surface area contributed by atoms with Crippen LogP contribution in [0.15, 0.2) is 24.3 Å². The average Bonchev–Trinajstić information content (AvgIpc) is 2.40. The first-order chi connectivity index (χ1) is 8.99. The van der Waals surface area contributed by atoms with Gasteiger partial charge < -0.3 is 5.11 Å². The van der Waals surface area contributed by atoms with Crippen LogP contribution in [0.4, 0.5) is 0 Å². The summed E-state index contributed by atoms with van der Waals surface area (Å²) in [6.07, 6.45) is 3.12. The molecular weight excluding hydrogens is 256 g/mol. The average molecular weight is 278 g/mol. The van der Waals surface area contributed by atoms with E-state index in [1.165, 1.54) is 29.9 Å². The lowest BCUT2D eigenvalue weighted by atomic mass is 9.85. The third kappa shape index (κ3) is 3.75. The maximum Gasteiger partial charge on any atom is 0.309 e. The van der Waals surface area contributed by atoms with E-state index in [1.54, 1.807) is 13.8 Å². The van der Waals surface area contributed by atoms with Crippen LogP contribution in [0.5, 0.6) is 0 Å². The molecule has 1 fully saturated rings. The quantitative estimate of drug-likeness (QED) is 0.906. The number of aliphatic carboxylic acids is 1. The number of hydrogen-bond donors (Lipinski definition) is 1. The molecule has 1 aromatic carbocycles. The first-order valence-electron chi connectivity index (χ1n) is 6.89. The van der Waals surface area contributed by atoms with Gasteiger partial charge in [-0.05, 0) is 61.7 Å². The van der Waals surface area contributed by atoms with Gasteiger partial charge in [-0.15, -0.1) is 0 Å². The number of carboxylic acid groups (broad SMARTS) is 1. The zero-order valence-corrected chi connectivity index (χ0v) is 12.5. The fourth-order valence-corrected chi connectivity index (χ4v) is 3.63.